The zero-order valence-electron chi connectivity index (χ0n) is 13.3. The van der Waals surface area contributed by atoms with Gasteiger partial charge in [-0.1, -0.05) is 13.8 Å². The maximum absolute atomic E-state index is 12.6. The Balaban J connectivity index is 3.02. The van der Waals surface area contributed by atoms with Gasteiger partial charge in [-0.05, 0) is 13.8 Å². The molecular weight excluding hydrogens is 270 g/mol. The van der Waals surface area contributed by atoms with Gasteiger partial charge in [0.2, 0.25) is 0 Å². The predicted octanol–water partition coefficient (Wildman–Crippen LogP) is 0.560. The summed E-state index contributed by atoms with van der Waals surface area (Å²) in [4.78, 5) is 29.7. The van der Waals surface area contributed by atoms with Crippen molar-refractivity contribution in [3.05, 3.63) is 26.7 Å². The molecule has 0 unspecified atom stereocenters. The smallest absolute Gasteiger partial charge is 0.329 e. The Labute approximate surface area is 123 Å². The normalized spacial score (nSPS) is 12.0. The van der Waals surface area contributed by atoms with E-state index < -0.39 is 0 Å². The number of nitrogens with zero attached hydrogens (tertiary/aromatic N) is 4. The lowest BCUT2D eigenvalue weighted by Crippen LogP contribution is -2.42. The molecule has 0 spiro atoms. The molecule has 0 saturated heterocycles. The van der Waals surface area contributed by atoms with Gasteiger partial charge in [0.05, 0.1) is 0 Å². The quantitative estimate of drug-likeness (QED) is 0.892. The van der Waals surface area contributed by atoms with E-state index in [4.69, 9.17) is 5.73 Å². The lowest BCUT2D eigenvalue weighted by atomic mass is 10.2. The first kappa shape index (κ1) is 15.5. The maximum atomic E-state index is 12.6. The van der Waals surface area contributed by atoms with Gasteiger partial charge < -0.3 is 10.3 Å². The largest absolute Gasteiger partial charge is 0.333 e. The van der Waals surface area contributed by atoms with E-state index in [1.807, 2.05) is 34.7 Å². The fraction of sp³-hybridized carbons (Fsp3) is 0.643. The van der Waals surface area contributed by atoms with Gasteiger partial charge >= 0.3 is 5.69 Å². The first-order chi connectivity index (χ1) is 9.81. The minimum atomic E-state index is -0.346. The van der Waals surface area contributed by atoms with Crippen molar-refractivity contribution in [3.8, 4) is 0 Å². The van der Waals surface area contributed by atoms with Gasteiger partial charge in [0.1, 0.15) is 5.82 Å². The lowest BCUT2D eigenvalue weighted by Gasteiger charge is -2.13. The van der Waals surface area contributed by atoms with Crippen molar-refractivity contribution in [3.63, 3.8) is 0 Å². The Morgan fingerprint density at radius 2 is 1.81 bits per heavy atom. The SMILES string of the molecule is CC(C)c1nc2c(c(=O)n(CCN)c(=O)n2C(C)C)n1C. The maximum Gasteiger partial charge on any atom is 0.333 e. The van der Waals surface area contributed by atoms with Crippen LogP contribution in [0.5, 0.6) is 0 Å². The molecule has 0 aliphatic carbocycles. The third kappa shape index (κ3) is 2.31. The van der Waals surface area contributed by atoms with E-state index in [-0.39, 0.29) is 36.3 Å². The fourth-order valence-corrected chi connectivity index (χ4v) is 2.65. The number of nitrogens with two attached hydrogens (primary N) is 1. The van der Waals surface area contributed by atoms with E-state index in [0.29, 0.717) is 11.2 Å². The summed E-state index contributed by atoms with van der Waals surface area (Å²) in [6.45, 7) is 8.29. The van der Waals surface area contributed by atoms with Gasteiger partial charge in [-0.15, -0.1) is 0 Å². The summed E-state index contributed by atoms with van der Waals surface area (Å²) in [5.41, 5.74) is 5.78. The molecule has 7 heteroatoms. The van der Waals surface area contributed by atoms with Crippen LogP contribution in [0.25, 0.3) is 11.2 Å². The molecule has 7 nitrogen and oxygen atoms in total. The summed E-state index contributed by atoms with van der Waals surface area (Å²) in [6, 6.07) is -0.0838. The highest BCUT2D eigenvalue weighted by Crippen LogP contribution is 2.19. The van der Waals surface area contributed by atoms with Gasteiger partial charge in [0.25, 0.3) is 5.56 Å². The van der Waals surface area contributed by atoms with Crippen LogP contribution in [0.15, 0.2) is 9.59 Å². The Morgan fingerprint density at radius 1 is 1.19 bits per heavy atom. The van der Waals surface area contributed by atoms with Crippen LogP contribution in [0.1, 0.15) is 45.5 Å². The van der Waals surface area contributed by atoms with E-state index in [0.717, 1.165) is 5.82 Å². The first-order valence-corrected chi connectivity index (χ1v) is 7.23. The summed E-state index contributed by atoms with van der Waals surface area (Å²) in [5, 5.41) is 0. The Bertz CT molecular complexity index is 779. The molecule has 2 N–H and O–H groups in total. The van der Waals surface area contributed by atoms with E-state index in [9.17, 15) is 9.59 Å². The highest BCUT2D eigenvalue weighted by atomic mass is 16.2. The molecule has 0 bridgehead atoms. The third-order valence-electron chi connectivity index (χ3n) is 3.61. The van der Waals surface area contributed by atoms with E-state index in [2.05, 4.69) is 4.98 Å². The van der Waals surface area contributed by atoms with Gasteiger partial charge in [0.15, 0.2) is 11.2 Å². The van der Waals surface area contributed by atoms with Crippen molar-refractivity contribution in [2.75, 3.05) is 6.54 Å². The summed E-state index contributed by atoms with van der Waals surface area (Å²) in [5.74, 6) is 0.960. The van der Waals surface area contributed by atoms with Crippen molar-refractivity contribution in [2.45, 2.75) is 46.2 Å². The molecule has 0 saturated carbocycles. The molecule has 2 aromatic rings. The molecule has 0 aliphatic rings. The van der Waals surface area contributed by atoms with E-state index in [1.54, 1.807) is 9.13 Å². The molecule has 2 rings (SSSR count). The molecule has 0 aliphatic heterocycles. The Kier molecular flexibility index (Phi) is 4.04. The number of imidazole rings is 1. The van der Waals surface area contributed by atoms with Crippen LogP contribution in [0, 0.1) is 0 Å². The molecule has 0 atom stereocenters. The Hall–Kier alpha value is -1.89. The number of rotatable bonds is 4. The second-order valence-corrected chi connectivity index (χ2v) is 5.85. The number of fused-ring (bicyclic) bond motifs is 1. The van der Waals surface area contributed by atoms with Gasteiger partial charge in [-0.25, -0.2) is 9.78 Å². The topological polar surface area (TPSA) is 87.8 Å². The van der Waals surface area contributed by atoms with Crippen LogP contribution in [-0.2, 0) is 13.6 Å². The summed E-state index contributed by atoms with van der Waals surface area (Å²) in [7, 11) is 1.81. The number of aryl methyl sites for hydroxylation is 1. The Morgan fingerprint density at radius 3 is 2.29 bits per heavy atom. The van der Waals surface area contributed by atoms with E-state index in [1.165, 1.54) is 4.57 Å². The van der Waals surface area contributed by atoms with Crippen LogP contribution < -0.4 is 17.0 Å². The van der Waals surface area contributed by atoms with Crippen LogP contribution >= 0.6 is 0 Å². The third-order valence-corrected chi connectivity index (χ3v) is 3.61. The molecule has 0 radical (unpaired) electrons. The van der Waals surface area contributed by atoms with Crippen molar-refractivity contribution in [1.29, 1.82) is 0 Å². The van der Waals surface area contributed by atoms with Crippen LogP contribution in [0.3, 0.4) is 0 Å². The van der Waals surface area contributed by atoms with Gasteiger partial charge in [0, 0.05) is 32.1 Å². The number of aromatic nitrogens is 4. The summed E-state index contributed by atoms with van der Waals surface area (Å²) in [6.07, 6.45) is 0. The molecular formula is C14H23N5O2. The fourth-order valence-electron chi connectivity index (χ4n) is 2.65. The molecule has 0 aromatic carbocycles. The standard InChI is InChI=1S/C14H23N5O2/c1-8(2)11-16-12-10(17(11)5)13(20)18(7-6-15)14(21)19(12)9(3)4/h8-9H,6-7,15H2,1-5H3. The molecule has 0 fully saturated rings. The van der Waals surface area contributed by atoms with Crippen molar-refractivity contribution >= 4 is 11.2 Å². The van der Waals surface area contributed by atoms with E-state index >= 15 is 0 Å². The first-order valence-electron chi connectivity index (χ1n) is 7.23. The number of hydrogen-bond donors (Lipinski definition) is 1. The molecule has 21 heavy (non-hydrogen) atoms. The second kappa shape index (κ2) is 5.48. The minimum Gasteiger partial charge on any atom is -0.329 e. The molecule has 0 amide bonds. The van der Waals surface area contributed by atoms with Crippen LogP contribution in [0.2, 0.25) is 0 Å². The van der Waals surface area contributed by atoms with Gasteiger partial charge in [-0.2, -0.15) is 0 Å². The van der Waals surface area contributed by atoms with Crippen molar-refractivity contribution in [2.24, 2.45) is 12.8 Å². The molecule has 116 valence electrons. The lowest BCUT2D eigenvalue weighted by molar-refractivity contribution is 0.525. The minimum absolute atomic E-state index is 0.0838. The zero-order valence-corrected chi connectivity index (χ0v) is 13.3. The van der Waals surface area contributed by atoms with Crippen molar-refractivity contribution < 1.29 is 0 Å². The molecule has 2 heterocycles. The molecule has 2 aromatic heterocycles. The summed E-state index contributed by atoms with van der Waals surface area (Å²) >= 11 is 0. The van der Waals surface area contributed by atoms with Crippen molar-refractivity contribution in [1.82, 2.24) is 18.7 Å². The average molecular weight is 293 g/mol. The average Bonchev–Trinajstić information content (AvgIpc) is 2.72. The van der Waals surface area contributed by atoms with Gasteiger partial charge in [-0.3, -0.25) is 13.9 Å². The van der Waals surface area contributed by atoms with Crippen LogP contribution in [-0.4, -0.2) is 25.2 Å². The second-order valence-electron chi connectivity index (χ2n) is 5.85. The highest BCUT2D eigenvalue weighted by molar-refractivity contribution is 5.71. The summed E-state index contributed by atoms with van der Waals surface area (Å²) < 4.78 is 4.56. The zero-order chi connectivity index (χ0) is 15.9. The highest BCUT2D eigenvalue weighted by Gasteiger charge is 2.21. The number of hydrogen-bond acceptors (Lipinski definition) is 4. The van der Waals surface area contributed by atoms with Crippen LogP contribution in [0.4, 0.5) is 0 Å². The predicted molar refractivity (Wildman–Crippen MR) is 82.8 cm³/mol. The monoisotopic (exact) mass is 293 g/mol.